The SMILES string of the molecule is CCN(CCONC(=O)CCCCCC(N)C1CCCCC1)C(=O)OC(C)(C)C. The average Bonchev–Trinajstić information content (AvgIpc) is 2.66. The number of nitrogens with zero attached hydrogens (tertiary/aromatic N) is 1. The van der Waals surface area contributed by atoms with Crippen molar-refractivity contribution >= 4 is 12.0 Å². The maximum atomic E-state index is 12.0. The molecule has 1 fully saturated rings. The number of rotatable bonds is 12. The van der Waals surface area contributed by atoms with Crippen LogP contribution in [-0.4, -0.2) is 48.2 Å². The van der Waals surface area contributed by atoms with Crippen LogP contribution in [-0.2, 0) is 14.4 Å². The first kappa shape index (κ1) is 25.7. The molecule has 7 heteroatoms. The van der Waals surface area contributed by atoms with Crippen molar-refractivity contribution in [3.8, 4) is 0 Å². The maximum Gasteiger partial charge on any atom is 0.410 e. The van der Waals surface area contributed by atoms with Gasteiger partial charge >= 0.3 is 6.09 Å². The largest absolute Gasteiger partial charge is 0.444 e. The van der Waals surface area contributed by atoms with Gasteiger partial charge in [-0.15, -0.1) is 0 Å². The van der Waals surface area contributed by atoms with Crippen LogP contribution in [0, 0.1) is 5.92 Å². The fourth-order valence-corrected chi connectivity index (χ4v) is 3.68. The van der Waals surface area contributed by atoms with Crippen molar-refractivity contribution in [1.29, 1.82) is 0 Å². The Bertz CT molecular complexity index is 473. The van der Waals surface area contributed by atoms with Crippen molar-refractivity contribution in [3.05, 3.63) is 0 Å². The van der Waals surface area contributed by atoms with Gasteiger partial charge in [0.15, 0.2) is 0 Å². The molecule has 0 aromatic carbocycles. The highest BCUT2D eigenvalue weighted by molar-refractivity contribution is 5.74. The van der Waals surface area contributed by atoms with Gasteiger partial charge in [0.2, 0.25) is 5.91 Å². The first-order valence-electron chi connectivity index (χ1n) is 11.4. The second kappa shape index (κ2) is 13.8. The lowest BCUT2D eigenvalue weighted by atomic mass is 9.82. The number of carbonyl (C=O) groups is 2. The molecule has 0 heterocycles. The number of nitrogens with one attached hydrogen (secondary N) is 1. The molecule has 3 N–H and O–H groups in total. The molecular formula is C22H43N3O4. The van der Waals surface area contributed by atoms with E-state index in [9.17, 15) is 9.59 Å². The van der Waals surface area contributed by atoms with E-state index in [4.69, 9.17) is 15.3 Å². The van der Waals surface area contributed by atoms with Gasteiger partial charge in [-0.3, -0.25) is 9.63 Å². The Kier molecular flexibility index (Phi) is 12.2. The molecule has 1 unspecified atom stereocenters. The summed E-state index contributed by atoms with van der Waals surface area (Å²) in [6.07, 6.45) is 10.6. The van der Waals surface area contributed by atoms with Crippen LogP contribution < -0.4 is 11.2 Å². The van der Waals surface area contributed by atoms with Crippen molar-refractivity contribution in [2.45, 2.75) is 104 Å². The summed E-state index contributed by atoms with van der Waals surface area (Å²) in [6.45, 7) is 8.50. The number of hydrogen-bond acceptors (Lipinski definition) is 5. The van der Waals surface area contributed by atoms with Crippen LogP contribution in [0.2, 0.25) is 0 Å². The topological polar surface area (TPSA) is 93.9 Å². The van der Waals surface area contributed by atoms with Crippen molar-refractivity contribution in [1.82, 2.24) is 10.4 Å². The number of ether oxygens (including phenoxy) is 1. The Hall–Kier alpha value is -1.34. The first-order chi connectivity index (χ1) is 13.7. The van der Waals surface area contributed by atoms with E-state index in [1.807, 2.05) is 27.7 Å². The standard InChI is InChI=1S/C22H43N3O4/c1-5-25(21(27)29-22(2,3)4)16-17-28-24-20(26)15-11-7-10-14-19(23)18-12-8-6-9-13-18/h18-19H,5-17,23H2,1-4H3,(H,24,26). The Labute approximate surface area is 177 Å². The molecule has 7 nitrogen and oxygen atoms in total. The zero-order valence-electron chi connectivity index (χ0n) is 19.0. The van der Waals surface area contributed by atoms with E-state index in [2.05, 4.69) is 5.48 Å². The Morgan fingerprint density at radius 2 is 1.83 bits per heavy atom. The highest BCUT2D eigenvalue weighted by atomic mass is 16.7. The molecule has 29 heavy (non-hydrogen) atoms. The summed E-state index contributed by atoms with van der Waals surface area (Å²) in [5.41, 5.74) is 8.26. The lowest BCUT2D eigenvalue weighted by Crippen LogP contribution is -2.39. The zero-order chi connectivity index (χ0) is 21.7. The van der Waals surface area contributed by atoms with Gasteiger partial charge in [-0.05, 0) is 59.3 Å². The minimum atomic E-state index is -0.528. The molecule has 0 radical (unpaired) electrons. The minimum absolute atomic E-state index is 0.123. The molecule has 1 aliphatic rings. The lowest BCUT2D eigenvalue weighted by molar-refractivity contribution is -0.133. The summed E-state index contributed by atoms with van der Waals surface area (Å²) in [7, 11) is 0. The van der Waals surface area contributed by atoms with E-state index < -0.39 is 5.60 Å². The third-order valence-electron chi connectivity index (χ3n) is 5.38. The van der Waals surface area contributed by atoms with E-state index in [-0.39, 0.29) is 18.6 Å². The molecule has 170 valence electrons. The van der Waals surface area contributed by atoms with Crippen LogP contribution in [0.5, 0.6) is 0 Å². The molecule has 1 atom stereocenters. The van der Waals surface area contributed by atoms with Crippen LogP contribution in [0.1, 0.15) is 91.9 Å². The number of unbranched alkanes of at least 4 members (excludes halogenated alkanes) is 2. The number of hydroxylamine groups is 1. The fourth-order valence-electron chi connectivity index (χ4n) is 3.68. The molecule has 1 rings (SSSR count). The molecular weight excluding hydrogens is 370 g/mol. The van der Waals surface area contributed by atoms with Gasteiger partial charge < -0.3 is 15.4 Å². The number of hydrogen-bond donors (Lipinski definition) is 2. The zero-order valence-corrected chi connectivity index (χ0v) is 19.0. The van der Waals surface area contributed by atoms with Gasteiger partial charge in [-0.2, -0.15) is 0 Å². The minimum Gasteiger partial charge on any atom is -0.444 e. The van der Waals surface area contributed by atoms with Gasteiger partial charge in [0.25, 0.3) is 0 Å². The van der Waals surface area contributed by atoms with Gasteiger partial charge in [0.1, 0.15) is 5.60 Å². The Balaban J connectivity index is 2.05. The fraction of sp³-hybridized carbons (Fsp3) is 0.909. The van der Waals surface area contributed by atoms with Crippen LogP contribution in [0.25, 0.3) is 0 Å². The summed E-state index contributed by atoms with van der Waals surface area (Å²) in [5.74, 6) is 0.575. The van der Waals surface area contributed by atoms with E-state index in [1.165, 1.54) is 32.1 Å². The van der Waals surface area contributed by atoms with Gasteiger partial charge in [0, 0.05) is 25.6 Å². The number of nitrogens with two attached hydrogens (primary N) is 1. The molecule has 1 aliphatic carbocycles. The van der Waals surface area contributed by atoms with E-state index >= 15 is 0 Å². The Morgan fingerprint density at radius 1 is 1.14 bits per heavy atom. The van der Waals surface area contributed by atoms with E-state index in [0.29, 0.717) is 31.5 Å². The molecule has 0 aromatic heterocycles. The second-order valence-electron chi connectivity index (χ2n) is 9.09. The van der Waals surface area contributed by atoms with Crippen LogP contribution >= 0.6 is 0 Å². The van der Waals surface area contributed by atoms with Crippen molar-refractivity contribution < 1.29 is 19.2 Å². The van der Waals surface area contributed by atoms with Crippen LogP contribution in [0.3, 0.4) is 0 Å². The monoisotopic (exact) mass is 413 g/mol. The maximum absolute atomic E-state index is 12.0. The van der Waals surface area contributed by atoms with Crippen LogP contribution in [0.15, 0.2) is 0 Å². The first-order valence-corrected chi connectivity index (χ1v) is 11.4. The summed E-state index contributed by atoms with van der Waals surface area (Å²) >= 11 is 0. The van der Waals surface area contributed by atoms with Crippen molar-refractivity contribution in [3.63, 3.8) is 0 Å². The molecule has 1 saturated carbocycles. The molecule has 0 saturated heterocycles. The molecule has 0 spiro atoms. The quantitative estimate of drug-likeness (QED) is 0.370. The third kappa shape index (κ3) is 12.1. The smallest absolute Gasteiger partial charge is 0.410 e. The summed E-state index contributed by atoms with van der Waals surface area (Å²) < 4.78 is 5.34. The molecule has 0 aromatic rings. The van der Waals surface area contributed by atoms with Gasteiger partial charge in [-0.25, -0.2) is 10.3 Å². The van der Waals surface area contributed by atoms with Gasteiger partial charge in [0.05, 0.1) is 6.61 Å². The van der Waals surface area contributed by atoms with E-state index in [1.54, 1.807) is 4.90 Å². The number of carbonyl (C=O) groups excluding carboxylic acids is 2. The molecule has 2 amide bonds. The van der Waals surface area contributed by atoms with Crippen molar-refractivity contribution in [2.75, 3.05) is 19.7 Å². The molecule has 0 aliphatic heterocycles. The highest BCUT2D eigenvalue weighted by Gasteiger charge is 2.21. The van der Waals surface area contributed by atoms with E-state index in [0.717, 1.165) is 25.7 Å². The highest BCUT2D eigenvalue weighted by Crippen LogP contribution is 2.27. The summed E-state index contributed by atoms with van der Waals surface area (Å²) in [5, 5.41) is 0. The summed E-state index contributed by atoms with van der Waals surface area (Å²) in [6, 6.07) is 0.318. The number of likely N-dealkylation sites (N-methyl/N-ethyl adjacent to an activating group) is 1. The van der Waals surface area contributed by atoms with Crippen LogP contribution in [0.4, 0.5) is 4.79 Å². The number of amides is 2. The summed E-state index contributed by atoms with van der Waals surface area (Å²) in [4.78, 5) is 30.6. The normalized spacial score (nSPS) is 16.3. The predicted molar refractivity (Wildman–Crippen MR) is 115 cm³/mol. The predicted octanol–water partition coefficient (Wildman–Crippen LogP) is 4.15. The van der Waals surface area contributed by atoms with Crippen molar-refractivity contribution in [2.24, 2.45) is 11.7 Å². The third-order valence-corrected chi connectivity index (χ3v) is 5.38. The molecule has 0 bridgehead atoms. The lowest BCUT2D eigenvalue weighted by Gasteiger charge is -2.27. The average molecular weight is 414 g/mol. The van der Waals surface area contributed by atoms with Gasteiger partial charge in [-0.1, -0.05) is 32.1 Å². The second-order valence-corrected chi connectivity index (χ2v) is 9.09. The Morgan fingerprint density at radius 3 is 2.45 bits per heavy atom.